The van der Waals surface area contributed by atoms with Crippen molar-refractivity contribution in [1.82, 2.24) is 10.2 Å². The highest BCUT2D eigenvalue weighted by Gasteiger charge is 2.37. The quantitative estimate of drug-likeness (QED) is 0.493. The minimum Gasteiger partial charge on any atom is -0.465 e. The summed E-state index contributed by atoms with van der Waals surface area (Å²) in [5.41, 5.74) is -3.40. The first-order valence-electron chi connectivity index (χ1n) is 9.84. The molecule has 2 aromatic carbocycles. The van der Waals surface area contributed by atoms with Crippen molar-refractivity contribution in [2.45, 2.75) is 30.7 Å². The minimum absolute atomic E-state index is 0.0275. The number of alkyl halides is 6. The number of piperidine rings is 1. The lowest BCUT2D eigenvalue weighted by atomic mass is 9.86. The Morgan fingerprint density at radius 2 is 1.50 bits per heavy atom. The Labute approximate surface area is 188 Å². The van der Waals surface area contributed by atoms with Crippen LogP contribution in [0.5, 0.6) is 0 Å². The lowest BCUT2D eigenvalue weighted by Crippen LogP contribution is -2.51. The molecule has 0 aliphatic carbocycles. The number of anilines is 1. The van der Waals surface area contributed by atoms with Crippen LogP contribution in [0.25, 0.3) is 0 Å². The van der Waals surface area contributed by atoms with Crippen molar-refractivity contribution < 1.29 is 45.4 Å². The fourth-order valence-corrected chi connectivity index (χ4v) is 3.71. The number of nitrogens with one attached hydrogen (secondary N) is 2. The Hall–Kier alpha value is -3.51. The summed E-state index contributed by atoms with van der Waals surface area (Å²) in [5.74, 6) is -1.18. The van der Waals surface area contributed by atoms with E-state index in [0.29, 0.717) is 17.7 Å². The first kappa shape index (κ1) is 25.1. The van der Waals surface area contributed by atoms with Gasteiger partial charge >= 0.3 is 24.5 Å². The maximum atomic E-state index is 13.3. The van der Waals surface area contributed by atoms with Gasteiger partial charge in [-0.3, -0.25) is 0 Å². The summed E-state index contributed by atoms with van der Waals surface area (Å²) in [4.78, 5) is 24.9. The Morgan fingerprint density at radius 1 is 0.941 bits per heavy atom. The molecule has 2 aromatic rings. The topological polar surface area (TPSA) is 81.7 Å². The van der Waals surface area contributed by atoms with E-state index in [1.165, 1.54) is 12.1 Å². The Kier molecular flexibility index (Phi) is 6.94. The monoisotopic (exact) mass is 493 g/mol. The SMILES string of the molecule is O=C(Nc1cc(C(F)(F)F)cc(C(F)(F)F)c1)N[C@H]1CCN(C(=O)O)C[C@H]1c1ccc(F)cc1. The lowest BCUT2D eigenvalue weighted by Gasteiger charge is -2.38. The molecule has 1 heterocycles. The standard InChI is InChI=1S/C21H18F7N3O3/c22-14-3-1-11(2-4-14)16-10-31(19(33)34)6-5-17(16)30-18(32)29-15-8-12(20(23,24)25)7-13(9-15)21(26,27)28/h1-4,7-9,16-17H,5-6,10H2,(H,33,34)(H2,29,30,32)/t16-,17-/m0/s1. The average Bonchev–Trinajstić information content (AvgIpc) is 2.73. The van der Waals surface area contributed by atoms with E-state index in [1.54, 1.807) is 0 Å². The molecule has 0 saturated carbocycles. The summed E-state index contributed by atoms with van der Waals surface area (Å²) in [5, 5.41) is 13.7. The Balaban J connectivity index is 1.82. The number of rotatable bonds is 3. The van der Waals surface area contributed by atoms with Crippen molar-refractivity contribution in [2.75, 3.05) is 18.4 Å². The highest BCUT2D eigenvalue weighted by Crippen LogP contribution is 2.37. The first-order chi connectivity index (χ1) is 15.7. The van der Waals surface area contributed by atoms with E-state index in [-0.39, 0.29) is 25.6 Å². The second kappa shape index (κ2) is 9.39. The third-order valence-corrected chi connectivity index (χ3v) is 5.34. The molecular formula is C21H18F7N3O3. The number of amides is 3. The lowest BCUT2D eigenvalue weighted by molar-refractivity contribution is -0.143. The molecule has 34 heavy (non-hydrogen) atoms. The van der Waals surface area contributed by atoms with Crippen LogP contribution in [-0.2, 0) is 12.4 Å². The summed E-state index contributed by atoms with van der Waals surface area (Å²) >= 11 is 0. The second-order valence-electron chi connectivity index (χ2n) is 7.67. The van der Waals surface area contributed by atoms with Crippen LogP contribution < -0.4 is 10.6 Å². The van der Waals surface area contributed by atoms with E-state index in [2.05, 4.69) is 5.32 Å². The molecule has 184 valence electrons. The molecule has 3 amide bonds. The smallest absolute Gasteiger partial charge is 0.416 e. The van der Waals surface area contributed by atoms with Gasteiger partial charge in [-0.2, -0.15) is 26.3 Å². The summed E-state index contributed by atoms with van der Waals surface area (Å²) in [7, 11) is 0. The zero-order chi connectivity index (χ0) is 25.3. The van der Waals surface area contributed by atoms with E-state index >= 15 is 0 Å². The molecule has 2 atom stereocenters. The van der Waals surface area contributed by atoms with Crippen LogP contribution in [0.3, 0.4) is 0 Å². The molecule has 3 N–H and O–H groups in total. The number of urea groups is 1. The van der Waals surface area contributed by atoms with Crippen LogP contribution in [0, 0.1) is 5.82 Å². The summed E-state index contributed by atoms with van der Waals surface area (Å²) < 4.78 is 91.5. The fraction of sp³-hybridized carbons (Fsp3) is 0.333. The number of benzene rings is 2. The fourth-order valence-electron chi connectivity index (χ4n) is 3.71. The number of carboxylic acid groups (broad SMARTS) is 1. The maximum Gasteiger partial charge on any atom is 0.416 e. The van der Waals surface area contributed by atoms with E-state index in [4.69, 9.17) is 0 Å². The Morgan fingerprint density at radius 3 is 2.00 bits per heavy atom. The van der Waals surface area contributed by atoms with Crippen LogP contribution in [0.15, 0.2) is 42.5 Å². The summed E-state index contributed by atoms with van der Waals surface area (Å²) in [6.07, 6.45) is -11.3. The molecule has 1 aliphatic heterocycles. The number of carbonyl (C=O) groups is 2. The number of hydrogen-bond acceptors (Lipinski definition) is 2. The molecular weight excluding hydrogens is 475 g/mol. The van der Waals surface area contributed by atoms with Gasteiger partial charge in [0.25, 0.3) is 0 Å². The van der Waals surface area contributed by atoms with Crippen LogP contribution in [0.4, 0.5) is 46.0 Å². The number of carbonyl (C=O) groups excluding carboxylic acids is 1. The molecule has 0 bridgehead atoms. The van der Waals surface area contributed by atoms with Crippen molar-refractivity contribution in [1.29, 1.82) is 0 Å². The Bertz CT molecular complexity index is 1020. The van der Waals surface area contributed by atoms with Gasteiger partial charge in [0.1, 0.15) is 5.82 Å². The normalized spacial score (nSPS) is 19.0. The van der Waals surface area contributed by atoms with Gasteiger partial charge in [0.15, 0.2) is 0 Å². The van der Waals surface area contributed by atoms with E-state index < -0.39 is 59.1 Å². The molecule has 0 aromatic heterocycles. The second-order valence-corrected chi connectivity index (χ2v) is 7.67. The van der Waals surface area contributed by atoms with Gasteiger partial charge in [-0.15, -0.1) is 0 Å². The molecule has 6 nitrogen and oxygen atoms in total. The zero-order valence-corrected chi connectivity index (χ0v) is 17.2. The van der Waals surface area contributed by atoms with E-state index in [1.807, 2.05) is 5.32 Å². The summed E-state index contributed by atoms with van der Waals surface area (Å²) in [6, 6.07) is 3.98. The largest absolute Gasteiger partial charge is 0.465 e. The van der Waals surface area contributed by atoms with Gasteiger partial charge < -0.3 is 20.6 Å². The van der Waals surface area contributed by atoms with E-state index in [9.17, 15) is 45.4 Å². The zero-order valence-electron chi connectivity index (χ0n) is 17.2. The van der Waals surface area contributed by atoms with Gasteiger partial charge in [0, 0.05) is 30.7 Å². The molecule has 1 aliphatic rings. The molecule has 0 radical (unpaired) electrons. The molecule has 13 heteroatoms. The van der Waals surface area contributed by atoms with Crippen LogP contribution in [0.1, 0.15) is 29.0 Å². The van der Waals surface area contributed by atoms with Crippen LogP contribution in [-0.4, -0.2) is 41.3 Å². The van der Waals surface area contributed by atoms with E-state index in [0.717, 1.165) is 17.0 Å². The highest BCUT2D eigenvalue weighted by atomic mass is 19.4. The summed E-state index contributed by atoms with van der Waals surface area (Å²) in [6.45, 7) is -0.0343. The van der Waals surface area contributed by atoms with Crippen molar-refractivity contribution in [2.24, 2.45) is 0 Å². The predicted octanol–water partition coefficient (Wildman–Crippen LogP) is 5.52. The number of nitrogens with zero attached hydrogens (tertiary/aromatic N) is 1. The third kappa shape index (κ3) is 6.08. The molecule has 0 unspecified atom stereocenters. The highest BCUT2D eigenvalue weighted by molar-refractivity contribution is 5.89. The number of hydrogen-bond donors (Lipinski definition) is 3. The average molecular weight is 493 g/mol. The van der Waals surface area contributed by atoms with Crippen molar-refractivity contribution in [3.63, 3.8) is 0 Å². The van der Waals surface area contributed by atoms with Crippen molar-refractivity contribution in [3.8, 4) is 0 Å². The number of likely N-dealkylation sites (tertiary alicyclic amines) is 1. The van der Waals surface area contributed by atoms with Gasteiger partial charge in [-0.1, -0.05) is 12.1 Å². The molecule has 1 fully saturated rings. The third-order valence-electron chi connectivity index (χ3n) is 5.34. The van der Waals surface area contributed by atoms with Crippen molar-refractivity contribution in [3.05, 3.63) is 65.0 Å². The molecule has 0 spiro atoms. The van der Waals surface area contributed by atoms with Gasteiger partial charge in [-0.25, -0.2) is 14.0 Å². The number of halogens is 7. The minimum atomic E-state index is -5.08. The van der Waals surface area contributed by atoms with Crippen molar-refractivity contribution >= 4 is 17.8 Å². The predicted molar refractivity (Wildman–Crippen MR) is 106 cm³/mol. The van der Waals surface area contributed by atoms with Gasteiger partial charge in [-0.05, 0) is 42.3 Å². The van der Waals surface area contributed by atoms with Crippen LogP contribution in [0.2, 0.25) is 0 Å². The van der Waals surface area contributed by atoms with Gasteiger partial charge in [0.05, 0.1) is 11.1 Å². The molecule has 1 saturated heterocycles. The first-order valence-corrected chi connectivity index (χ1v) is 9.84. The molecule has 3 rings (SSSR count). The van der Waals surface area contributed by atoms with Crippen LogP contribution >= 0.6 is 0 Å². The maximum absolute atomic E-state index is 13.3. The van der Waals surface area contributed by atoms with Gasteiger partial charge in [0.2, 0.25) is 0 Å².